The van der Waals surface area contributed by atoms with Crippen LogP contribution < -0.4 is 9.47 Å². The Bertz CT molecular complexity index is 543. The minimum Gasteiger partial charge on any atom is -0.493 e. The molecule has 0 spiro atoms. The molecule has 1 unspecified atom stereocenters. The smallest absolute Gasteiger partial charge is 0.377 e. The number of benzene rings is 1. The van der Waals surface area contributed by atoms with Crippen LogP contribution in [0.5, 0.6) is 11.5 Å². The Labute approximate surface area is 123 Å². The molecule has 1 heterocycles. The number of aliphatic carboxylic acids is 1. The Balaban J connectivity index is 2.21. The summed E-state index contributed by atoms with van der Waals surface area (Å²) in [5.41, 5.74) is 0.0856. The van der Waals surface area contributed by atoms with E-state index in [1.165, 1.54) is 19.2 Å². The van der Waals surface area contributed by atoms with Gasteiger partial charge in [-0.1, -0.05) is 0 Å². The molecule has 1 aromatic carbocycles. The molecule has 1 fully saturated rings. The first kappa shape index (κ1) is 15.3. The third-order valence-electron chi connectivity index (χ3n) is 3.49. The van der Waals surface area contributed by atoms with Crippen molar-refractivity contribution >= 4 is 11.8 Å². The molecule has 2 rings (SSSR count). The lowest BCUT2D eigenvalue weighted by molar-refractivity contribution is -0.131. The van der Waals surface area contributed by atoms with E-state index in [1.807, 2.05) is 7.05 Å². The van der Waals surface area contributed by atoms with Gasteiger partial charge >= 0.3 is 5.97 Å². The van der Waals surface area contributed by atoms with Gasteiger partial charge in [0.2, 0.25) is 0 Å². The van der Waals surface area contributed by atoms with E-state index >= 15 is 0 Å². The molecule has 0 bridgehead atoms. The van der Waals surface area contributed by atoms with Gasteiger partial charge in [-0.05, 0) is 44.6 Å². The maximum atomic E-state index is 11.5. The van der Waals surface area contributed by atoms with Crippen LogP contribution in [0.1, 0.15) is 23.2 Å². The van der Waals surface area contributed by atoms with E-state index in [9.17, 15) is 9.59 Å². The van der Waals surface area contributed by atoms with Crippen LogP contribution in [0.25, 0.3) is 0 Å². The standard InChI is InChI=1S/C15H19NO5/c1-16-7-3-4-11(9-16)21-13-8-10(14(17)15(18)19)5-6-12(13)20-2/h5-6,8,11H,3-4,7,9H2,1-2H3,(H,18,19). The molecule has 114 valence electrons. The second-order valence-corrected chi connectivity index (χ2v) is 5.14. The van der Waals surface area contributed by atoms with Crippen molar-refractivity contribution in [1.29, 1.82) is 0 Å². The third kappa shape index (κ3) is 3.72. The van der Waals surface area contributed by atoms with Crippen LogP contribution in [0.3, 0.4) is 0 Å². The second-order valence-electron chi connectivity index (χ2n) is 5.14. The number of carbonyl (C=O) groups is 2. The summed E-state index contributed by atoms with van der Waals surface area (Å²) in [7, 11) is 3.53. The zero-order valence-corrected chi connectivity index (χ0v) is 12.2. The molecule has 0 aliphatic carbocycles. The van der Waals surface area contributed by atoms with Gasteiger partial charge in [0.15, 0.2) is 11.5 Å². The number of Topliss-reactive ketones (excluding diaryl/α,β-unsaturated/α-hetero) is 1. The van der Waals surface area contributed by atoms with Crippen molar-refractivity contribution < 1.29 is 24.2 Å². The number of methoxy groups -OCH3 is 1. The Hall–Kier alpha value is -2.08. The molecule has 21 heavy (non-hydrogen) atoms. The molecule has 0 saturated carbocycles. The predicted octanol–water partition coefficient (Wildman–Crippen LogP) is 1.44. The van der Waals surface area contributed by atoms with Gasteiger partial charge in [-0.2, -0.15) is 0 Å². The summed E-state index contributed by atoms with van der Waals surface area (Å²) < 4.78 is 11.1. The Morgan fingerprint density at radius 2 is 2.10 bits per heavy atom. The number of carboxylic acids is 1. The average Bonchev–Trinajstić information content (AvgIpc) is 2.46. The summed E-state index contributed by atoms with van der Waals surface area (Å²) in [6.07, 6.45) is 1.97. The largest absolute Gasteiger partial charge is 0.493 e. The normalized spacial score (nSPS) is 19.0. The van der Waals surface area contributed by atoms with E-state index in [0.717, 1.165) is 25.9 Å². The maximum absolute atomic E-state index is 11.5. The topological polar surface area (TPSA) is 76.1 Å². The lowest BCUT2D eigenvalue weighted by Gasteiger charge is -2.30. The number of likely N-dealkylation sites (tertiary alicyclic amines) is 1. The molecule has 0 radical (unpaired) electrons. The number of ketones is 1. The van der Waals surface area contributed by atoms with Crippen molar-refractivity contribution in [1.82, 2.24) is 4.90 Å². The van der Waals surface area contributed by atoms with E-state index in [-0.39, 0.29) is 11.7 Å². The first-order valence-electron chi connectivity index (χ1n) is 6.82. The number of carbonyl (C=O) groups excluding carboxylic acids is 1. The van der Waals surface area contributed by atoms with Crippen molar-refractivity contribution in [3.8, 4) is 11.5 Å². The fraction of sp³-hybridized carbons (Fsp3) is 0.467. The van der Waals surface area contributed by atoms with Crippen LogP contribution in [0.4, 0.5) is 0 Å². The first-order chi connectivity index (χ1) is 10.0. The van der Waals surface area contributed by atoms with Gasteiger partial charge in [-0.3, -0.25) is 4.79 Å². The van der Waals surface area contributed by atoms with Crippen LogP contribution in [-0.4, -0.2) is 55.1 Å². The molecule has 6 nitrogen and oxygen atoms in total. The third-order valence-corrected chi connectivity index (χ3v) is 3.49. The Morgan fingerprint density at radius 1 is 1.33 bits per heavy atom. The van der Waals surface area contributed by atoms with Gasteiger partial charge in [-0.25, -0.2) is 4.79 Å². The lowest BCUT2D eigenvalue weighted by atomic mass is 10.1. The van der Waals surface area contributed by atoms with E-state index in [2.05, 4.69) is 4.90 Å². The highest BCUT2D eigenvalue weighted by atomic mass is 16.5. The molecule has 0 aromatic heterocycles. The number of nitrogens with zero attached hydrogens (tertiary/aromatic N) is 1. The summed E-state index contributed by atoms with van der Waals surface area (Å²) in [5.74, 6) is -1.54. The minimum absolute atomic E-state index is 0.00725. The van der Waals surface area contributed by atoms with Crippen LogP contribution in [-0.2, 0) is 4.79 Å². The molecule has 1 aliphatic rings. The fourth-order valence-electron chi connectivity index (χ4n) is 2.43. The van der Waals surface area contributed by atoms with Gasteiger partial charge < -0.3 is 19.5 Å². The first-order valence-corrected chi connectivity index (χ1v) is 6.82. The van der Waals surface area contributed by atoms with Crippen molar-refractivity contribution in [2.75, 3.05) is 27.2 Å². The summed E-state index contributed by atoms with van der Waals surface area (Å²) in [5, 5.41) is 8.78. The Morgan fingerprint density at radius 3 is 2.71 bits per heavy atom. The highest BCUT2D eigenvalue weighted by molar-refractivity contribution is 6.39. The van der Waals surface area contributed by atoms with Gasteiger partial charge in [0.1, 0.15) is 6.10 Å². The number of carboxylic acid groups (broad SMARTS) is 1. The van der Waals surface area contributed by atoms with Gasteiger partial charge in [0.05, 0.1) is 7.11 Å². The summed E-state index contributed by atoms with van der Waals surface area (Å²) in [6.45, 7) is 1.83. The fourth-order valence-corrected chi connectivity index (χ4v) is 2.43. The molecular weight excluding hydrogens is 274 g/mol. The second kappa shape index (κ2) is 6.58. The van der Waals surface area contributed by atoms with E-state index in [0.29, 0.717) is 11.5 Å². The van der Waals surface area contributed by atoms with Crippen LogP contribution in [0, 0.1) is 0 Å². The van der Waals surface area contributed by atoms with Crippen molar-refractivity contribution in [2.45, 2.75) is 18.9 Å². The zero-order chi connectivity index (χ0) is 15.4. The van der Waals surface area contributed by atoms with Crippen molar-refractivity contribution in [3.05, 3.63) is 23.8 Å². The molecule has 6 heteroatoms. The van der Waals surface area contributed by atoms with Gasteiger partial charge in [0.25, 0.3) is 5.78 Å². The quantitative estimate of drug-likeness (QED) is 0.654. The minimum atomic E-state index is -1.48. The highest BCUT2D eigenvalue weighted by Crippen LogP contribution is 2.30. The molecule has 1 aliphatic heterocycles. The molecule has 1 N–H and O–H groups in total. The summed E-state index contributed by atoms with van der Waals surface area (Å²) in [4.78, 5) is 24.5. The number of rotatable bonds is 5. The number of piperidine rings is 1. The van der Waals surface area contributed by atoms with E-state index in [4.69, 9.17) is 14.6 Å². The van der Waals surface area contributed by atoms with Crippen LogP contribution >= 0.6 is 0 Å². The highest BCUT2D eigenvalue weighted by Gasteiger charge is 2.22. The lowest BCUT2D eigenvalue weighted by Crippen LogP contribution is -2.38. The van der Waals surface area contributed by atoms with Gasteiger partial charge in [0, 0.05) is 12.1 Å². The maximum Gasteiger partial charge on any atom is 0.377 e. The summed E-state index contributed by atoms with van der Waals surface area (Å²) in [6, 6.07) is 4.41. The number of likely N-dealkylation sites (N-methyl/N-ethyl adjacent to an activating group) is 1. The molecular formula is C15H19NO5. The van der Waals surface area contributed by atoms with E-state index < -0.39 is 11.8 Å². The predicted molar refractivity (Wildman–Crippen MR) is 76.1 cm³/mol. The molecule has 1 saturated heterocycles. The monoisotopic (exact) mass is 293 g/mol. The number of ether oxygens (including phenoxy) is 2. The Kier molecular flexibility index (Phi) is 4.80. The van der Waals surface area contributed by atoms with E-state index in [1.54, 1.807) is 6.07 Å². The van der Waals surface area contributed by atoms with Gasteiger partial charge in [-0.15, -0.1) is 0 Å². The molecule has 1 aromatic rings. The number of hydrogen-bond donors (Lipinski definition) is 1. The summed E-state index contributed by atoms with van der Waals surface area (Å²) >= 11 is 0. The van der Waals surface area contributed by atoms with Crippen molar-refractivity contribution in [2.24, 2.45) is 0 Å². The van der Waals surface area contributed by atoms with Crippen molar-refractivity contribution in [3.63, 3.8) is 0 Å². The SMILES string of the molecule is COc1ccc(C(=O)C(=O)O)cc1OC1CCCN(C)C1. The zero-order valence-electron chi connectivity index (χ0n) is 12.2. The molecule has 0 amide bonds. The average molecular weight is 293 g/mol. The van der Waals surface area contributed by atoms with Crippen LogP contribution in [0.15, 0.2) is 18.2 Å². The molecule has 1 atom stereocenters. The van der Waals surface area contributed by atoms with Crippen LogP contribution in [0.2, 0.25) is 0 Å². The number of hydrogen-bond acceptors (Lipinski definition) is 5.